The minimum absolute atomic E-state index is 0.126. The van der Waals surface area contributed by atoms with Crippen LogP contribution in [0.4, 0.5) is 41.8 Å². The van der Waals surface area contributed by atoms with Crippen molar-refractivity contribution in [3.8, 4) is 0 Å². The molecule has 0 aliphatic carbocycles. The molecule has 5 aliphatic heterocycles. The summed E-state index contributed by atoms with van der Waals surface area (Å²) in [5, 5.41) is 5.62. The number of nitrogens with zero attached hydrogens (tertiary/aromatic N) is 5. The van der Waals surface area contributed by atoms with Gasteiger partial charge in [0.15, 0.2) is 0 Å². The second kappa shape index (κ2) is 14.0. The molecule has 0 saturated carbocycles. The van der Waals surface area contributed by atoms with Gasteiger partial charge in [-0.3, -0.25) is 19.8 Å². The second-order valence-electron chi connectivity index (χ2n) is 14.9. The van der Waals surface area contributed by atoms with Crippen molar-refractivity contribution in [3.63, 3.8) is 0 Å². The van der Waals surface area contributed by atoms with E-state index < -0.39 is 53.3 Å². The van der Waals surface area contributed by atoms with Crippen LogP contribution in [-0.2, 0) is 34.9 Å². The van der Waals surface area contributed by atoms with Crippen molar-refractivity contribution >= 4 is 39.9 Å². The lowest BCUT2D eigenvalue weighted by Crippen LogP contribution is -2.54. The molecule has 3 N–H and O–H groups in total. The highest BCUT2D eigenvalue weighted by molar-refractivity contribution is 7.14. The maximum Gasteiger partial charge on any atom is 0.418 e. The zero-order valence-electron chi connectivity index (χ0n) is 28.8. The van der Waals surface area contributed by atoms with E-state index in [1.807, 2.05) is 11.4 Å². The smallest absolute Gasteiger partial charge is 0.398 e. The van der Waals surface area contributed by atoms with Crippen molar-refractivity contribution in [1.82, 2.24) is 24.5 Å². The van der Waals surface area contributed by atoms with Crippen LogP contribution in [0.3, 0.4) is 0 Å². The summed E-state index contributed by atoms with van der Waals surface area (Å²) < 4.78 is 83.4. The van der Waals surface area contributed by atoms with Crippen LogP contribution in [-0.4, -0.2) is 113 Å². The van der Waals surface area contributed by atoms with Gasteiger partial charge in [0.05, 0.1) is 29.3 Å². The van der Waals surface area contributed by atoms with E-state index in [-0.39, 0.29) is 30.1 Å². The van der Waals surface area contributed by atoms with Crippen molar-refractivity contribution in [2.75, 3.05) is 57.4 Å². The lowest BCUT2D eigenvalue weighted by atomic mass is 9.90. The number of benzene rings is 1. The Hall–Kier alpha value is -3.57. The molecule has 17 heteroatoms. The zero-order chi connectivity index (χ0) is 37.1. The number of nitrogens with two attached hydrogens (primary N) is 1. The van der Waals surface area contributed by atoms with Gasteiger partial charge in [-0.05, 0) is 74.7 Å². The first-order valence-electron chi connectivity index (χ1n) is 17.8. The van der Waals surface area contributed by atoms with E-state index >= 15 is 0 Å². The zero-order valence-corrected chi connectivity index (χ0v) is 29.6. The first kappa shape index (κ1) is 36.8. The molecule has 2 unspecified atom stereocenters. The molecular formula is C35H43F6N7O3S. The Kier molecular flexibility index (Phi) is 9.91. The highest BCUT2D eigenvalue weighted by Crippen LogP contribution is 2.43. The lowest BCUT2D eigenvalue weighted by molar-refractivity contribution is -0.143. The summed E-state index contributed by atoms with van der Waals surface area (Å²) >= 11 is 1.45. The van der Waals surface area contributed by atoms with Gasteiger partial charge in [0.1, 0.15) is 5.00 Å². The minimum Gasteiger partial charge on any atom is -0.398 e. The molecule has 4 saturated heterocycles. The Bertz CT molecular complexity index is 1650. The summed E-state index contributed by atoms with van der Waals surface area (Å²) in [6, 6.07) is 4.00. The number of hydrogen-bond donors (Lipinski definition) is 2. The molecule has 6 heterocycles. The van der Waals surface area contributed by atoms with Gasteiger partial charge in [0, 0.05) is 75.4 Å². The summed E-state index contributed by atoms with van der Waals surface area (Å²) in [5.41, 5.74) is 1.36. The number of fused-ring (bicyclic) bond motifs is 3. The number of likely N-dealkylation sites (tertiary alicyclic amines) is 4. The fraction of sp³-hybridized carbons (Fsp3) is 0.629. The molecular weight excluding hydrogens is 712 g/mol. The number of thiophene rings is 1. The van der Waals surface area contributed by atoms with Crippen molar-refractivity contribution in [3.05, 3.63) is 45.8 Å². The summed E-state index contributed by atoms with van der Waals surface area (Å²) in [6.07, 6.45) is -7.72. The largest absolute Gasteiger partial charge is 0.418 e. The number of rotatable bonds is 7. The Balaban J connectivity index is 1.06. The summed E-state index contributed by atoms with van der Waals surface area (Å²) in [7, 11) is 2.12. The Morgan fingerprint density at radius 3 is 2.10 bits per heavy atom. The molecule has 5 aliphatic rings. The third-order valence-electron chi connectivity index (χ3n) is 11.7. The van der Waals surface area contributed by atoms with Crippen LogP contribution in [0.25, 0.3) is 0 Å². The maximum absolute atomic E-state index is 14.1. The SMILES string of the molecule is CN1CC2CC1CN2C1CCN(C(=O)[C@H](CC(=O)N2CCC(N3Cc4ccsc4NC3=O)CC2)Cc2cc(C(F)(F)F)c(N)c(C(F)(F)F)c2)CC1. The predicted molar refractivity (Wildman–Crippen MR) is 182 cm³/mol. The number of nitrogens with one attached hydrogen (secondary N) is 1. The number of carbonyl (C=O) groups excluding carboxylic acids is 3. The Morgan fingerprint density at radius 2 is 1.52 bits per heavy atom. The summed E-state index contributed by atoms with van der Waals surface area (Å²) in [4.78, 5) is 50.5. The minimum atomic E-state index is -5.16. The highest BCUT2D eigenvalue weighted by atomic mass is 32.1. The molecule has 0 radical (unpaired) electrons. The molecule has 2 bridgehead atoms. The quantitative estimate of drug-likeness (QED) is 0.293. The number of halogens is 6. The van der Waals surface area contributed by atoms with E-state index in [4.69, 9.17) is 5.73 Å². The first-order valence-corrected chi connectivity index (χ1v) is 18.7. The number of hydrogen-bond acceptors (Lipinski definition) is 7. The third kappa shape index (κ3) is 7.32. The molecule has 0 spiro atoms. The Labute approximate surface area is 301 Å². The van der Waals surface area contributed by atoms with Crippen molar-refractivity contribution in [2.45, 2.75) is 88.0 Å². The average molecular weight is 756 g/mol. The molecule has 4 amide bonds. The van der Waals surface area contributed by atoms with E-state index in [2.05, 4.69) is 22.2 Å². The molecule has 4 fully saturated rings. The molecule has 3 atom stereocenters. The molecule has 284 valence electrons. The maximum atomic E-state index is 14.1. The van der Waals surface area contributed by atoms with E-state index in [1.165, 1.54) is 11.3 Å². The van der Waals surface area contributed by atoms with Crippen LogP contribution < -0.4 is 11.1 Å². The number of nitrogen functional groups attached to an aromatic ring is 1. The number of likely N-dealkylation sites (N-methyl/N-ethyl adjacent to an activating group) is 1. The fourth-order valence-corrected chi connectivity index (χ4v) is 9.71. The monoisotopic (exact) mass is 755 g/mol. The van der Waals surface area contributed by atoms with Gasteiger partial charge in [-0.2, -0.15) is 26.3 Å². The van der Waals surface area contributed by atoms with Crippen LogP contribution in [0.15, 0.2) is 23.6 Å². The van der Waals surface area contributed by atoms with Gasteiger partial charge >= 0.3 is 18.4 Å². The number of alkyl halides is 6. The van der Waals surface area contributed by atoms with Gasteiger partial charge in [-0.25, -0.2) is 4.79 Å². The third-order valence-corrected chi connectivity index (χ3v) is 12.6. The molecule has 10 nitrogen and oxygen atoms in total. The first-order chi connectivity index (χ1) is 24.6. The summed E-state index contributed by atoms with van der Waals surface area (Å²) in [6.45, 7) is 3.77. The van der Waals surface area contributed by atoms with E-state index in [0.717, 1.165) is 30.1 Å². The summed E-state index contributed by atoms with van der Waals surface area (Å²) in [5.74, 6) is -2.05. The number of urea groups is 1. The van der Waals surface area contributed by atoms with Gasteiger partial charge in [0.25, 0.3) is 0 Å². The molecule has 1 aromatic heterocycles. The van der Waals surface area contributed by atoms with E-state index in [0.29, 0.717) is 82.6 Å². The molecule has 52 heavy (non-hydrogen) atoms. The van der Waals surface area contributed by atoms with E-state index in [9.17, 15) is 40.7 Å². The van der Waals surface area contributed by atoms with Crippen LogP contribution >= 0.6 is 11.3 Å². The van der Waals surface area contributed by atoms with Gasteiger partial charge in [-0.15, -0.1) is 11.3 Å². The standard InChI is InChI=1S/C35H43F6N7O3S/c1-44-18-26-16-25(44)19-47(26)23-4-9-46(10-5-23)32(50)22(12-20-13-27(34(36,37)38)30(42)28(14-20)35(39,40)41)15-29(49)45-7-2-24(3-8-45)48-17-21-6-11-52-31(21)43-33(48)51/h6,11,13-14,22-26H,2-5,7-10,12,15-19,42H2,1H3,(H,43,51)/t22-,25?,26?/m0/s1. The van der Waals surface area contributed by atoms with Gasteiger partial charge in [0.2, 0.25) is 11.8 Å². The highest BCUT2D eigenvalue weighted by Gasteiger charge is 2.46. The predicted octanol–water partition coefficient (Wildman–Crippen LogP) is 5.33. The van der Waals surface area contributed by atoms with Crippen molar-refractivity contribution < 1.29 is 40.7 Å². The van der Waals surface area contributed by atoms with Gasteiger partial charge in [-0.1, -0.05) is 0 Å². The van der Waals surface area contributed by atoms with Crippen LogP contribution in [0.2, 0.25) is 0 Å². The normalized spacial score (nSPS) is 24.4. The number of carbonyl (C=O) groups is 3. The van der Waals surface area contributed by atoms with Crippen LogP contribution in [0, 0.1) is 5.92 Å². The number of anilines is 2. The number of piperidine rings is 2. The average Bonchev–Trinajstić information content (AvgIpc) is 3.83. The van der Waals surface area contributed by atoms with Crippen LogP contribution in [0.5, 0.6) is 0 Å². The van der Waals surface area contributed by atoms with Crippen molar-refractivity contribution in [2.24, 2.45) is 5.92 Å². The molecule has 1 aromatic carbocycles. The topological polar surface area (TPSA) is 105 Å². The molecule has 7 rings (SSSR count). The fourth-order valence-electron chi connectivity index (χ4n) is 8.91. The van der Waals surface area contributed by atoms with E-state index in [1.54, 1.807) is 14.7 Å². The van der Waals surface area contributed by atoms with Crippen molar-refractivity contribution in [1.29, 1.82) is 0 Å². The Morgan fingerprint density at radius 1 is 0.904 bits per heavy atom. The van der Waals surface area contributed by atoms with Crippen LogP contribution in [0.1, 0.15) is 60.8 Å². The molecule has 2 aromatic rings. The lowest BCUT2D eigenvalue weighted by Gasteiger charge is -2.42. The second-order valence-corrected chi connectivity index (χ2v) is 15.8. The number of amides is 4. The van der Waals surface area contributed by atoms with Gasteiger partial charge < -0.3 is 25.3 Å². The number of piperazine rings is 1.